The quantitative estimate of drug-likeness (QED) is 0.903. The number of nitrogens with one attached hydrogen (secondary N) is 1. The number of carbonyl (C=O) groups is 1. The van der Waals surface area contributed by atoms with Crippen LogP contribution in [-0.4, -0.2) is 25.5 Å². The summed E-state index contributed by atoms with van der Waals surface area (Å²) in [6, 6.07) is 7.97. The van der Waals surface area contributed by atoms with Gasteiger partial charge < -0.3 is 10.2 Å². The molecule has 0 saturated carbocycles. The van der Waals surface area contributed by atoms with E-state index in [9.17, 15) is 4.79 Å². The normalized spacial score (nSPS) is 18.6. The number of halogens is 1. The van der Waals surface area contributed by atoms with E-state index in [2.05, 4.69) is 36.2 Å². The van der Waals surface area contributed by atoms with Crippen molar-refractivity contribution in [2.24, 2.45) is 11.8 Å². The van der Waals surface area contributed by atoms with Crippen LogP contribution in [0.3, 0.4) is 0 Å². The summed E-state index contributed by atoms with van der Waals surface area (Å²) in [5, 5.41) is 3.82. The van der Waals surface area contributed by atoms with Crippen LogP contribution < -0.4 is 10.2 Å². The standard InChI is InChI=1S/C16H23ClN2O/c1-12(2)9-16(20)18-10-13-7-8-19(11-13)15-5-3-14(17)4-6-15/h3-6,12-13H,7-11H2,1-2H3,(H,18,20)/t13-/m1/s1. The maximum absolute atomic E-state index is 11.7. The fourth-order valence-corrected chi connectivity index (χ4v) is 2.71. The van der Waals surface area contributed by atoms with Crippen LogP contribution in [0.2, 0.25) is 5.02 Å². The molecule has 1 atom stereocenters. The molecule has 1 heterocycles. The number of amides is 1. The predicted molar refractivity (Wildman–Crippen MR) is 84.2 cm³/mol. The van der Waals surface area contributed by atoms with Crippen LogP contribution in [0, 0.1) is 11.8 Å². The third kappa shape index (κ3) is 4.41. The third-order valence-corrected chi connectivity index (χ3v) is 3.91. The average Bonchev–Trinajstić information content (AvgIpc) is 2.85. The molecule has 4 heteroatoms. The molecular weight excluding hydrogens is 272 g/mol. The summed E-state index contributed by atoms with van der Waals surface area (Å²) >= 11 is 5.91. The number of hydrogen-bond acceptors (Lipinski definition) is 2. The second-order valence-electron chi connectivity index (χ2n) is 5.98. The van der Waals surface area contributed by atoms with Gasteiger partial charge in [-0.25, -0.2) is 0 Å². The number of benzene rings is 1. The smallest absolute Gasteiger partial charge is 0.220 e. The van der Waals surface area contributed by atoms with Crippen LogP contribution in [0.4, 0.5) is 5.69 Å². The molecule has 0 radical (unpaired) electrons. The largest absolute Gasteiger partial charge is 0.371 e. The summed E-state index contributed by atoms with van der Waals surface area (Å²) in [7, 11) is 0. The Bertz CT molecular complexity index is 444. The Morgan fingerprint density at radius 3 is 2.75 bits per heavy atom. The van der Waals surface area contributed by atoms with Gasteiger partial charge in [0.25, 0.3) is 0 Å². The van der Waals surface area contributed by atoms with E-state index in [-0.39, 0.29) is 5.91 Å². The van der Waals surface area contributed by atoms with Crippen molar-refractivity contribution in [1.29, 1.82) is 0 Å². The van der Waals surface area contributed by atoms with Crippen molar-refractivity contribution in [1.82, 2.24) is 5.32 Å². The summed E-state index contributed by atoms with van der Waals surface area (Å²) in [5.41, 5.74) is 1.21. The molecule has 1 amide bonds. The van der Waals surface area contributed by atoms with E-state index < -0.39 is 0 Å². The second kappa shape index (κ2) is 6.98. The van der Waals surface area contributed by atoms with E-state index in [4.69, 9.17) is 11.6 Å². The molecule has 20 heavy (non-hydrogen) atoms. The van der Waals surface area contributed by atoms with Gasteiger partial charge in [-0.1, -0.05) is 25.4 Å². The van der Waals surface area contributed by atoms with Crippen LogP contribution >= 0.6 is 11.6 Å². The molecular formula is C16H23ClN2O. The highest BCUT2D eigenvalue weighted by Gasteiger charge is 2.23. The first-order chi connectivity index (χ1) is 9.54. The topological polar surface area (TPSA) is 32.3 Å². The lowest BCUT2D eigenvalue weighted by atomic mass is 10.1. The summed E-state index contributed by atoms with van der Waals surface area (Å²) < 4.78 is 0. The van der Waals surface area contributed by atoms with Gasteiger partial charge >= 0.3 is 0 Å². The molecule has 0 bridgehead atoms. The molecule has 1 N–H and O–H groups in total. The van der Waals surface area contributed by atoms with Crippen LogP contribution in [0.15, 0.2) is 24.3 Å². The molecule has 1 aromatic rings. The molecule has 1 aliphatic rings. The molecule has 1 fully saturated rings. The highest BCUT2D eigenvalue weighted by atomic mass is 35.5. The van der Waals surface area contributed by atoms with Crippen molar-refractivity contribution >= 4 is 23.2 Å². The van der Waals surface area contributed by atoms with Crippen molar-refractivity contribution in [3.63, 3.8) is 0 Å². The van der Waals surface area contributed by atoms with Crippen molar-refractivity contribution in [3.8, 4) is 0 Å². The van der Waals surface area contributed by atoms with Crippen molar-refractivity contribution < 1.29 is 4.79 Å². The first kappa shape index (κ1) is 15.2. The number of rotatable bonds is 5. The highest BCUT2D eigenvalue weighted by Crippen LogP contribution is 2.24. The first-order valence-electron chi connectivity index (χ1n) is 7.32. The molecule has 110 valence electrons. The summed E-state index contributed by atoms with van der Waals surface area (Å²) in [4.78, 5) is 14.0. The van der Waals surface area contributed by atoms with Gasteiger partial charge in [0.1, 0.15) is 0 Å². The fourth-order valence-electron chi connectivity index (χ4n) is 2.59. The maximum atomic E-state index is 11.7. The molecule has 1 aromatic carbocycles. The summed E-state index contributed by atoms with van der Waals surface area (Å²) in [6.45, 7) is 6.97. The molecule has 2 rings (SSSR count). The SMILES string of the molecule is CC(C)CC(=O)NC[C@H]1CCN(c2ccc(Cl)cc2)C1. The molecule has 1 aliphatic heterocycles. The minimum atomic E-state index is 0.171. The number of anilines is 1. The second-order valence-corrected chi connectivity index (χ2v) is 6.42. The van der Waals surface area contributed by atoms with Crippen LogP contribution in [0.25, 0.3) is 0 Å². The van der Waals surface area contributed by atoms with Gasteiger partial charge in [-0.15, -0.1) is 0 Å². The van der Waals surface area contributed by atoms with Crippen molar-refractivity contribution in [2.75, 3.05) is 24.5 Å². The third-order valence-electron chi connectivity index (χ3n) is 3.66. The lowest BCUT2D eigenvalue weighted by molar-refractivity contribution is -0.121. The van der Waals surface area contributed by atoms with Gasteiger partial charge in [0.15, 0.2) is 0 Å². The van der Waals surface area contributed by atoms with Gasteiger partial charge in [0.05, 0.1) is 0 Å². The van der Waals surface area contributed by atoms with Gasteiger partial charge in [0, 0.05) is 36.8 Å². The molecule has 0 unspecified atom stereocenters. The van der Waals surface area contributed by atoms with E-state index in [0.717, 1.165) is 31.1 Å². The van der Waals surface area contributed by atoms with Gasteiger partial charge in [0.2, 0.25) is 5.91 Å². The van der Waals surface area contributed by atoms with E-state index >= 15 is 0 Å². The number of nitrogens with zero attached hydrogens (tertiary/aromatic N) is 1. The molecule has 0 aromatic heterocycles. The lowest BCUT2D eigenvalue weighted by Gasteiger charge is -2.19. The summed E-state index contributed by atoms with van der Waals surface area (Å²) in [6.07, 6.45) is 1.75. The zero-order valence-electron chi connectivity index (χ0n) is 12.2. The first-order valence-corrected chi connectivity index (χ1v) is 7.69. The zero-order valence-corrected chi connectivity index (χ0v) is 13.0. The Morgan fingerprint density at radius 1 is 1.40 bits per heavy atom. The zero-order chi connectivity index (χ0) is 14.5. The molecule has 0 aliphatic carbocycles. The molecule has 3 nitrogen and oxygen atoms in total. The van der Waals surface area contributed by atoms with Gasteiger partial charge in [-0.05, 0) is 42.5 Å². The highest BCUT2D eigenvalue weighted by molar-refractivity contribution is 6.30. The van der Waals surface area contributed by atoms with Crippen molar-refractivity contribution in [2.45, 2.75) is 26.7 Å². The van der Waals surface area contributed by atoms with E-state index in [0.29, 0.717) is 18.3 Å². The Labute approximate surface area is 126 Å². The predicted octanol–water partition coefficient (Wildman–Crippen LogP) is 3.33. The van der Waals surface area contributed by atoms with E-state index in [1.54, 1.807) is 0 Å². The average molecular weight is 295 g/mol. The maximum Gasteiger partial charge on any atom is 0.220 e. The Kier molecular flexibility index (Phi) is 5.30. The number of carbonyl (C=O) groups excluding carboxylic acids is 1. The molecule has 0 spiro atoms. The fraction of sp³-hybridized carbons (Fsp3) is 0.562. The monoisotopic (exact) mass is 294 g/mol. The van der Waals surface area contributed by atoms with Crippen LogP contribution in [0.1, 0.15) is 26.7 Å². The Balaban J connectivity index is 1.78. The van der Waals surface area contributed by atoms with Gasteiger partial charge in [-0.3, -0.25) is 4.79 Å². The minimum absolute atomic E-state index is 0.171. The minimum Gasteiger partial charge on any atom is -0.371 e. The van der Waals surface area contributed by atoms with Crippen LogP contribution in [0.5, 0.6) is 0 Å². The molecule has 1 saturated heterocycles. The Morgan fingerprint density at radius 2 is 2.10 bits per heavy atom. The van der Waals surface area contributed by atoms with Crippen molar-refractivity contribution in [3.05, 3.63) is 29.3 Å². The Hall–Kier alpha value is -1.22. The van der Waals surface area contributed by atoms with E-state index in [1.165, 1.54) is 5.69 Å². The summed E-state index contributed by atoms with van der Waals surface area (Å²) in [5.74, 6) is 1.14. The number of hydrogen-bond donors (Lipinski definition) is 1. The van der Waals surface area contributed by atoms with E-state index in [1.807, 2.05) is 12.1 Å². The lowest BCUT2D eigenvalue weighted by Crippen LogP contribution is -2.31. The van der Waals surface area contributed by atoms with Gasteiger partial charge in [-0.2, -0.15) is 0 Å². The van der Waals surface area contributed by atoms with Crippen LogP contribution in [-0.2, 0) is 4.79 Å².